The first-order valence-electron chi connectivity index (χ1n) is 12.1. The van der Waals surface area contributed by atoms with Crippen molar-refractivity contribution in [2.75, 3.05) is 26.0 Å². The average molecular weight is 544 g/mol. The predicted molar refractivity (Wildman–Crippen MR) is 157 cm³/mol. The van der Waals surface area contributed by atoms with Gasteiger partial charge in [-0.25, -0.2) is 18.0 Å². The number of rotatable bonds is 8. The lowest BCUT2D eigenvalue weighted by Gasteiger charge is -2.16. The van der Waals surface area contributed by atoms with Crippen LogP contribution in [0.4, 0.5) is 38.0 Å². The molecular weight excluding hydrogens is 514 g/mol. The Bertz CT molecular complexity index is 1560. The third-order valence-electron chi connectivity index (χ3n) is 5.61. The topological polar surface area (TPSA) is 128 Å². The molecule has 0 saturated carbocycles. The maximum atomic E-state index is 12.8. The van der Waals surface area contributed by atoms with Gasteiger partial charge in [-0.1, -0.05) is 65.7 Å². The van der Waals surface area contributed by atoms with E-state index in [4.69, 9.17) is 0 Å². The summed E-state index contributed by atoms with van der Waals surface area (Å²) in [6.45, 7) is 3.88. The lowest BCUT2D eigenvalue weighted by molar-refractivity contribution is 0.261. The van der Waals surface area contributed by atoms with Gasteiger partial charge in [-0.3, -0.25) is 4.72 Å². The standard InChI is InChI=1S/C29H29N5O4S/c1-20-8-12-23(13-9-20)30-28(35)32-26-17-16-25(34-39(37,38)19-22-6-4-3-5-7-22)18-27(26)33-29(36)31-24-14-10-21(2)11-15-24/h3-18,34H,19H2,1-2H3,(H2,30,32,35)(H2,31,33,36). The van der Waals surface area contributed by atoms with E-state index in [2.05, 4.69) is 26.0 Å². The molecule has 4 aromatic rings. The molecule has 0 unspecified atom stereocenters. The van der Waals surface area contributed by atoms with Crippen molar-refractivity contribution >= 4 is 50.5 Å². The van der Waals surface area contributed by atoms with Crippen molar-refractivity contribution in [1.82, 2.24) is 0 Å². The van der Waals surface area contributed by atoms with Crippen molar-refractivity contribution in [2.45, 2.75) is 19.6 Å². The molecule has 4 aromatic carbocycles. The van der Waals surface area contributed by atoms with Gasteiger partial charge in [0, 0.05) is 11.4 Å². The van der Waals surface area contributed by atoms with E-state index in [0.717, 1.165) is 11.1 Å². The van der Waals surface area contributed by atoms with Gasteiger partial charge in [-0.05, 0) is 61.9 Å². The summed E-state index contributed by atoms with van der Waals surface area (Å²) in [5, 5.41) is 10.9. The summed E-state index contributed by atoms with van der Waals surface area (Å²) in [7, 11) is -3.74. The molecule has 0 spiro atoms. The molecule has 5 N–H and O–H groups in total. The van der Waals surface area contributed by atoms with Crippen molar-refractivity contribution in [2.24, 2.45) is 0 Å². The summed E-state index contributed by atoms with van der Waals surface area (Å²) in [6, 6.07) is 26.7. The number of aryl methyl sites for hydroxylation is 2. The average Bonchev–Trinajstić information content (AvgIpc) is 2.88. The van der Waals surface area contributed by atoms with Gasteiger partial charge < -0.3 is 21.3 Å². The van der Waals surface area contributed by atoms with Crippen LogP contribution in [0.15, 0.2) is 97.1 Å². The molecule has 0 heterocycles. The van der Waals surface area contributed by atoms with Crippen LogP contribution in [-0.4, -0.2) is 20.5 Å². The largest absolute Gasteiger partial charge is 0.323 e. The summed E-state index contributed by atoms with van der Waals surface area (Å²) >= 11 is 0. The second kappa shape index (κ2) is 12.1. The molecule has 10 heteroatoms. The van der Waals surface area contributed by atoms with Crippen molar-refractivity contribution in [3.63, 3.8) is 0 Å². The van der Waals surface area contributed by atoms with E-state index in [1.807, 2.05) is 44.2 Å². The number of sulfonamides is 1. The first-order valence-corrected chi connectivity index (χ1v) is 13.8. The number of benzene rings is 4. The van der Waals surface area contributed by atoms with E-state index >= 15 is 0 Å². The number of urea groups is 2. The second-order valence-corrected chi connectivity index (χ2v) is 10.7. The minimum atomic E-state index is -3.74. The van der Waals surface area contributed by atoms with Crippen molar-refractivity contribution in [1.29, 1.82) is 0 Å². The van der Waals surface area contributed by atoms with Gasteiger partial charge in [0.25, 0.3) is 0 Å². The van der Waals surface area contributed by atoms with Crippen LogP contribution in [0.25, 0.3) is 0 Å². The molecule has 9 nitrogen and oxygen atoms in total. The molecule has 0 saturated heterocycles. The molecule has 4 amide bonds. The fourth-order valence-corrected chi connectivity index (χ4v) is 4.86. The van der Waals surface area contributed by atoms with E-state index in [0.29, 0.717) is 16.9 Å². The highest BCUT2D eigenvalue weighted by Crippen LogP contribution is 2.28. The number of hydrogen-bond donors (Lipinski definition) is 5. The van der Waals surface area contributed by atoms with Gasteiger partial charge in [-0.15, -0.1) is 0 Å². The minimum Gasteiger partial charge on any atom is -0.308 e. The highest BCUT2D eigenvalue weighted by molar-refractivity contribution is 7.91. The van der Waals surface area contributed by atoms with E-state index in [1.54, 1.807) is 48.5 Å². The Morgan fingerprint density at radius 2 is 1.08 bits per heavy atom. The third-order valence-corrected chi connectivity index (χ3v) is 6.87. The van der Waals surface area contributed by atoms with Gasteiger partial charge >= 0.3 is 12.1 Å². The monoisotopic (exact) mass is 543 g/mol. The van der Waals surface area contributed by atoms with Crippen molar-refractivity contribution in [3.8, 4) is 0 Å². The smallest absolute Gasteiger partial charge is 0.308 e. The fraction of sp³-hybridized carbons (Fsp3) is 0.103. The maximum absolute atomic E-state index is 12.8. The van der Waals surface area contributed by atoms with Crippen LogP contribution in [-0.2, 0) is 15.8 Å². The molecule has 0 aromatic heterocycles. The lowest BCUT2D eigenvalue weighted by atomic mass is 10.2. The summed E-state index contributed by atoms with van der Waals surface area (Å²) in [6.07, 6.45) is 0. The molecule has 0 aliphatic rings. The quantitative estimate of drug-likeness (QED) is 0.173. The predicted octanol–water partition coefficient (Wildman–Crippen LogP) is 6.53. The zero-order valence-electron chi connectivity index (χ0n) is 21.5. The minimum absolute atomic E-state index is 0.193. The van der Waals surface area contributed by atoms with Crippen LogP contribution in [0.1, 0.15) is 16.7 Å². The maximum Gasteiger partial charge on any atom is 0.323 e. The van der Waals surface area contributed by atoms with Gasteiger partial charge in [0.2, 0.25) is 10.0 Å². The molecule has 0 bridgehead atoms. The van der Waals surface area contributed by atoms with Crippen LogP contribution in [0.3, 0.4) is 0 Å². The summed E-state index contributed by atoms with van der Waals surface area (Å²) in [5.74, 6) is -0.219. The molecule has 0 fully saturated rings. The van der Waals surface area contributed by atoms with Gasteiger partial charge in [0.05, 0.1) is 22.8 Å². The number of hydrogen-bond acceptors (Lipinski definition) is 4. The van der Waals surface area contributed by atoms with Crippen LogP contribution in [0.2, 0.25) is 0 Å². The molecule has 0 aliphatic carbocycles. The van der Waals surface area contributed by atoms with Crippen molar-refractivity contribution in [3.05, 3.63) is 114 Å². The first kappa shape index (κ1) is 27.2. The zero-order chi connectivity index (χ0) is 27.8. The van der Waals surface area contributed by atoms with E-state index in [1.165, 1.54) is 18.2 Å². The Balaban J connectivity index is 1.53. The van der Waals surface area contributed by atoms with Crippen LogP contribution in [0, 0.1) is 13.8 Å². The van der Waals surface area contributed by atoms with Crippen LogP contribution in [0.5, 0.6) is 0 Å². The summed E-state index contributed by atoms with van der Waals surface area (Å²) in [5.41, 5.74) is 4.58. The summed E-state index contributed by atoms with van der Waals surface area (Å²) < 4.78 is 28.1. The Hall–Kier alpha value is -4.83. The number of nitrogens with one attached hydrogen (secondary N) is 5. The SMILES string of the molecule is Cc1ccc(NC(=O)Nc2ccc(NS(=O)(=O)Cc3ccccc3)cc2NC(=O)Nc2ccc(C)cc2)cc1. The van der Waals surface area contributed by atoms with E-state index in [-0.39, 0.29) is 22.8 Å². The Morgan fingerprint density at radius 1 is 0.590 bits per heavy atom. The van der Waals surface area contributed by atoms with E-state index < -0.39 is 22.1 Å². The van der Waals surface area contributed by atoms with Gasteiger partial charge in [-0.2, -0.15) is 0 Å². The highest BCUT2D eigenvalue weighted by atomic mass is 32.2. The number of anilines is 5. The van der Waals surface area contributed by atoms with Crippen LogP contribution < -0.4 is 26.0 Å². The Morgan fingerprint density at radius 3 is 1.62 bits per heavy atom. The third kappa shape index (κ3) is 8.34. The Labute approximate surface area is 227 Å². The number of amides is 4. The number of carbonyl (C=O) groups is 2. The molecule has 0 aliphatic heterocycles. The number of carbonyl (C=O) groups excluding carboxylic acids is 2. The molecule has 0 radical (unpaired) electrons. The van der Waals surface area contributed by atoms with Gasteiger partial charge in [0.15, 0.2) is 0 Å². The highest BCUT2D eigenvalue weighted by Gasteiger charge is 2.16. The van der Waals surface area contributed by atoms with Gasteiger partial charge in [0.1, 0.15) is 0 Å². The Kier molecular flexibility index (Phi) is 8.47. The lowest BCUT2D eigenvalue weighted by Crippen LogP contribution is -2.23. The normalized spacial score (nSPS) is 10.8. The molecule has 4 rings (SSSR count). The molecular formula is C29H29N5O4S. The first-order chi connectivity index (χ1) is 18.6. The molecule has 200 valence electrons. The molecule has 0 atom stereocenters. The fourth-order valence-electron chi connectivity index (χ4n) is 3.67. The zero-order valence-corrected chi connectivity index (χ0v) is 22.3. The summed E-state index contributed by atoms with van der Waals surface area (Å²) in [4.78, 5) is 25.5. The van der Waals surface area contributed by atoms with Crippen LogP contribution >= 0.6 is 0 Å². The molecule has 39 heavy (non-hydrogen) atoms. The van der Waals surface area contributed by atoms with Crippen molar-refractivity contribution < 1.29 is 18.0 Å². The van der Waals surface area contributed by atoms with E-state index in [9.17, 15) is 18.0 Å². The second-order valence-electron chi connectivity index (χ2n) is 9.00.